The largest absolute Gasteiger partial charge is 0.290 e. The molecule has 0 saturated heterocycles. The molecule has 34 heavy (non-hydrogen) atoms. The topological polar surface area (TPSA) is 106 Å². The highest BCUT2D eigenvalue weighted by atomic mass is 19.1. The Morgan fingerprint density at radius 2 is 1.74 bits per heavy atom. The van der Waals surface area contributed by atoms with Gasteiger partial charge >= 0.3 is 0 Å². The number of hydrazine groups is 1. The minimum atomic E-state index is -0.651. The standard InChI is InChI=1S/C25H24FN5O3/c1-3-4-7-12-31-25(34)19-9-6-5-8-18(19)22(30-31)24(33)29-28-23(32)20-13-16-10-11-17(26)14-21(16)27-15(20)2/h5-6,8-11,13-14H,3-4,7,12H2,1-2H3,(H,28,32)(H,29,33). The SMILES string of the molecule is CCCCCn1nc(C(=O)NNC(=O)c2cc3ccc(F)cc3nc2C)c2ccccc2c1=O. The number of halogens is 1. The number of aryl methyl sites for hydroxylation is 2. The second-order valence-electron chi connectivity index (χ2n) is 8.00. The summed E-state index contributed by atoms with van der Waals surface area (Å²) < 4.78 is 14.8. The molecule has 0 fully saturated rings. The minimum absolute atomic E-state index is 0.0378. The van der Waals surface area contributed by atoms with Gasteiger partial charge in [0.15, 0.2) is 5.69 Å². The third-order valence-electron chi connectivity index (χ3n) is 5.56. The average molecular weight is 461 g/mol. The molecular weight excluding hydrogens is 437 g/mol. The molecule has 4 aromatic rings. The number of rotatable bonds is 6. The van der Waals surface area contributed by atoms with Crippen molar-refractivity contribution in [2.24, 2.45) is 0 Å². The van der Waals surface area contributed by atoms with Gasteiger partial charge in [-0.25, -0.2) is 9.07 Å². The number of unbranched alkanes of at least 4 members (excludes halogenated alkanes) is 2. The van der Waals surface area contributed by atoms with Crippen molar-refractivity contribution in [3.8, 4) is 0 Å². The number of benzene rings is 2. The van der Waals surface area contributed by atoms with Gasteiger partial charge in [-0.3, -0.25) is 30.2 Å². The van der Waals surface area contributed by atoms with Gasteiger partial charge in [-0.2, -0.15) is 5.10 Å². The zero-order chi connectivity index (χ0) is 24.2. The van der Waals surface area contributed by atoms with Crippen LogP contribution in [-0.2, 0) is 6.54 Å². The molecule has 0 aliphatic heterocycles. The monoisotopic (exact) mass is 461 g/mol. The zero-order valence-electron chi connectivity index (χ0n) is 18.9. The Morgan fingerprint density at radius 1 is 1.00 bits per heavy atom. The molecular formula is C25H24FN5O3. The molecule has 0 aliphatic carbocycles. The summed E-state index contributed by atoms with van der Waals surface area (Å²) in [7, 11) is 0. The molecule has 0 bridgehead atoms. The maximum Gasteiger partial charge on any atom is 0.290 e. The Morgan fingerprint density at radius 3 is 2.50 bits per heavy atom. The van der Waals surface area contributed by atoms with Gasteiger partial charge in [-0.1, -0.05) is 38.0 Å². The third kappa shape index (κ3) is 4.63. The van der Waals surface area contributed by atoms with Gasteiger partial charge in [-0.15, -0.1) is 0 Å². The minimum Gasteiger partial charge on any atom is -0.267 e. The number of amides is 2. The Balaban J connectivity index is 1.59. The van der Waals surface area contributed by atoms with Crippen LogP contribution < -0.4 is 16.4 Å². The van der Waals surface area contributed by atoms with E-state index in [1.54, 1.807) is 37.3 Å². The van der Waals surface area contributed by atoms with E-state index in [9.17, 15) is 18.8 Å². The number of carbonyl (C=O) groups is 2. The summed E-state index contributed by atoms with van der Waals surface area (Å²) in [5.74, 6) is -1.65. The Labute approximate surface area is 194 Å². The summed E-state index contributed by atoms with van der Waals surface area (Å²) in [6.07, 6.45) is 2.68. The van der Waals surface area contributed by atoms with Crippen LogP contribution in [0.15, 0.2) is 53.3 Å². The molecule has 0 atom stereocenters. The van der Waals surface area contributed by atoms with E-state index in [1.165, 1.54) is 22.9 Å². The van der Waals surface area contributed by atoms with Crippen LogP contribution in [-0.4, -0.2) is 26.6 Å². The lowest BCUT2D eigenvalue weighted by atomic mass is 10.1. The number of pyridine rings is 1. The Hall–Kier alpha value is -4.14. The van der Waals surface area contributed by atoms with Crippen molar-refractivity contribution in [3.05, 3.63) is 81.7 Å². The number of carbonyl (C=O) groups excluding carboxylic acids is 2. The van der Waals surface area contributed by atoms with Gasteiger partial charge in [0.05, 0.1) is 22.2 Å². The van der Waals surface area contributed by atoms with Crippen LogP contribution in [0.1, 0.15) is 52.7 Å². The first-order valence-corrected chi connectivity index (χ1v) is 11.1. The predicted molar refractivity (Wildman–Crippen MR) is 127 cm³/mol. The molecule has 8 nitrogen and oxygen atoms in total. The van der Waals surface area contributed by atoms with Gasteiger partial charge < -0.3 is 0 Å². The molecule has 2 aromatic heterocycles. The second-order valence-corrected chi connectivity index (χ2v) is 8.00. The van der Waals surface area contributed by atoms with Gasteiger partial charge in [0.1, 0.15) is 5.82 Å². The summed E-state index contributed by atoms with van der Waals surface area (Å²) in [6.45, 7) is 4.08. The maximum atomic E-state index is 13.5. The molecule has 2 N–H and O–H groups in total. The van der Waals surface area contributed by atoms with Crippen molar-refractivity contribution in [2.75, 3.05) is 0 Å². The summed E-state index contributed by atoms with van der Waals surface area (Å²) >= 11 is 0. The zero-order valence-corrected chi connectivity index (χ0v) is 18.9. The van der Waals surface area contributed by atoms with Crippen LogP contribution in [0.25, 0.3) is 21.7 Å². The van der Waals surface area contributed by atoms with E-state index in [4.69, 9.17) is 0 Å². The molecule has 2 amide bonds. The average Bonchev–Trinajstić information content (AvgIpc) is 2.83. The molecule has 9 heteroatoms. The molecule has 0 spiro atoms. The predicted octanol–water partition coefficient (Wildman–Crippen LogP) is 3.66. The highest BCUT2D eigenvalue weighted by molar-refractivity contribution is 6.06. The summed E-state index contributed by atoms with van der Waals surface area (Å²) in [4.78, 5) is 42.8. The first-order chi connectivity index (χ1) is 16.4. The third-order valence-corrected chi connectivity index (χ3v) is 5.56. The van der Waals surface area contributed by atoms with E-state index in [0.717, 1.165) is 19.3 Å². The van der Waals surface area contributed by atoms with E-state index in [2.05, 4.69) is 27.9 Å². The van der Waals surface area contributed by atoms with Gasteiger partial charge in [-0.05, 0) is 37.6 Å². The van der Waals surface area contributed by atoms with Gasteiger partial charge in [0.25, 0.3) is 17.4 Å². The van der Waals surface area contributed by atoms with E-state index in [-0.39, 0.29) is 16.8 Å². The number of aromatic nitrogens is 3. The smallest absolute Gasteiger partial charge is 0.267 e. The normalized spacial score (nSPS) is 11.0. The molecule has 0 aliphatic rings. The van der Waals surface area contributed by atoms with Crippen LogP contribution in [0.5, 0.6) is 0 Å². The second kappa shape index (κ2) is 9.78. The molecule has 174 valence electrons. The van der Waals surface area contributed by atoms with E-state index >= 15 is 0 Å². The van der Waals surface area contributed by atoms with Crippen LogP contribution in [0.4, 0.5) is 4.39 Å². The molecule has 4 rings (SSSR count). The number of nitrogens with one attached hydrogen (secondary N) is 2. The van der Waals surface area contributed by atoms with Crippen LogP contribution >= 0.6 is 0 Å². The molecule has 2 aromatic carbocycles. The lowest BCUT2D eigenvalue weighted by Crippen LogP contribution is -2.43. The van der Waals surface area contributed by atoms with Crippen molar-refractivity contribution in [1.82, 2.24) is 25.6 Å². The summed E-state index contributed by atoms with van der Waals surface area (Å²) in [5.41, 5.74) is 5.60. The van der Waals surface area contributed by atoms with Crippen molar-refractivity contribution >= 4 is 33.5 Å². The van der Waals surface area contributed by atoms with Crippen LogP contribution in [0.2, 0.25) is 0 Å². The number of fused-ring (bicyclic) bond motifs is 2. The first-order valence-electron chi connectivity index (χ1n) is 11.1. The van der Waals surface area contributed by atoms with Crippen LogP contribution in [0.3, 0.4) is 0 Å². The van der Waals surface area contributed by atoms with Crippen molar-refractivity contribution in [2.45, 2.75) is 39.7 Å². The number of hydrogen-bond donors (Lipinski definition) is 2. The van der Waals surface area contributed by atoms with Crippen molar-refractivity contribution in [1.29, 1.82) is 0 Å². The lowest BCUT2D eigenvalue weighted by Gasteiger charge is -2.12. The van der Waals surface area contributed by atoms with E-state index in [0.29, 0.717) is 33.9 Å². The lowest BCUT2D eigenvalue weighted by molar-refractivity contribution is 0.0843. The fourth-order valence-electron chi connectivity index (χ4n) is 3.77. The highest BCUT2D eigenvalue weighted by Crippen LogP contribution is 2.18. The number of nitrogens with zero attached hydrogens (tertiary/aromatic N) is 3. The quantitative estimate of drug-likeness (QED) is 0.337. The van der Waals surface area contributed by atoms with Crippen molar-refractivity contribution < 1.29 is 14.0 Å². The maximum absolute atomic E-state index is 13.5. The summed E-state index contributed by atoms with van der Waals surface area (Å²) in [6, 6.07) is 12.4. The molecule has 0 saturated carbocycles. The van der Waals surface area contributed by atoms with Crippen LogP contribution in [0, 0.1) is 12.7 Å². The fourth-order valence-corrected chi connectivity index (χ4v) is 3.77. The Kier molecular flexibility index (Phi) is 6.62. The van der Waals surface area contributed by atoms with Gasteiger partial charge in [0, 0.05) is 23.4 Å². The fraction of sp³-hybridized carbons (Fsp3) is 0.240. The molecule has 2 heterocycles. The molecule has 0 radical (unpaired) electrons. The van der Waals surface area contributed by atoms with Gasteiger partial charge in [0.2, 0.25) is 0 Å². The highest BCUT2D eigenvalue weighted by Gasteiger charge is 2.18. The van der Waals surface area contributed by atoms with Crippen molar-refractivity contribution in [3.63, 3.8) is 0 Å². The number of hydrogen-bond acceptors (Lipinski definition) is 5. The summed E-state index contributed by atoms with van der Waals surface area (Å²) in [5, 5.41) is 5.66. The van der Waals surface area contributed by atoms with E-state index < -0.39 is 17.6 Å². The molecule has 0 unspecified atom stereocenters. The van der Waals surface area contributed by atoms with E-state index in [1.807, 2.05) is 0 Å². The first kappa shape index (κ1) is 23.0. The Bertz CT molecular complexity index is 1460.